The number of hydrogen-bond acceptors (Lipinski definition) is 3. The van der Waals surface area contributed by atoms with Gasteiger partial charge in [0.1, 0.15) is 0 Å². The topological polar surface area (TPSA) is 76.3 Å². The SMILES string of the molecule is NC(=O)C1CC(=O)N(c2c(Cl)ccc3ncccc23)C1. The minimum absolute atomic E-state index is 0.127. The van der Waals surface area contributed by atoms with Crippen LogP contribution in [0.4, 0.5) is 5.69 Å². The van der Waals surface area contributed by atoms with Gasteiger partial charge >= 0.3 is 0 Å². The van der Waals surface area contributed by atoms with Crippen LogP contribution in [0.2, 0.25) is 5.02 Å². The molecular formula is C14H12ClN3O2. The average Bonchev–Trinajstić information content (AvgIpc) is 2.81. The van der Waals surface area contributed by atoms with Gasteiger partial charge in [-0.15, -0.1) is 0 Å². The summed E-state index contributed by atoms with van der Waals surface area (Å²) in [4.78, 5) is 29.2. The molecule has 0 radical (unpaired) electrons. The van der Waals surface area contributed by atoms with Crippen LogP contribution in [-0.2, 0) is 9.59 Å². The van der Waals surface area contributed by atoms with Crippen LogP contribution in [0.1, 0.15) is 6.42 Å². The van der Waals surface area contributed by atoms with E-state index >= 15 is 0 Å². The maximum Gasteiger partial charge on any atom is 0.227 e. The number of anilines is 1. The van der Waals surface area contributed by atoms with Gasteiger partial charge in [-0.1, -0.05) is 11.6 Å². The van der Waals surface area contributed by atoms with E-state index in [4.69, 9.17) is 17.3 Å². The zero-order chi connectivity index (χ0) is 14.3. The first kappa shape index (κ1) is 12.9. The van der Waals surface area contributed by atoms with Crippen LogP contribution >= 0.6 is 11.6 Å². The monoisotopic (exact) mass is 289 g/mol. The number of hydrogen-bond donors (Lipinski definition) is 1. The minimum atomic E-state index is -0.467. The Labute approximate surface area is 120 Å². The van der Waals surface area contributed by atoms with Crippen LogP contribution in [0.3, 0.4) is 0 Å². The molecule has 1 aliphatic rings. The lowest BCUT2D eigenvalue weighted by Gasteiger charge is -2.19. The molecule has 1 aromatic carbocycles. The highest BCUT2D eigenvalue weighted by molar-refractivity contribution is 6.35. The number of amides is 2. The maximum absolute atomic E-state index is 12.1. The summed E-state index contributed by atoms with van der Waals surface area (Å²) in [6.45, 7) is 0.266. The van der Waals surface area contributed by atoms with Crippen LogP contribution in [0.25, 0.3) is 10.9 Å². The van der Waals surface area contributed by atoms with Crippen molar-refractivity contribution >= 4 is 40.0 Å². The van der Waals surface area contributed by atoms with E-state index < -0.39 is 11.8 Å². The number of nitrogens with two attached hydrogens (primary N) is 1. The Bertz CT molecular complexity index is 717. The molecule has 2 aromatic rings. The number of rotatable bonds is 2. The fraction of sp³-hybridized carbons (Fsp3) is 0.214. The van der Waals surface area contributed by atoms with Crippen LogP contribution < -0.4 is 10.6 Å². The van der Waals surface area contributed by atoms with Gasteiger partial charge in [-0.2, -0.15) is 0 Å². The number of carbonyl (C=O) groups excluding carboxylic acids is 2. The predicted octanol–water partition coefficient (Wildman–Crippen LogP) is 1.73. The number of aromatic nitrogens is 1. The summed E-state index contributed by atoms with van der Waals surface area (Å²) in [6.07, 6.45) is 1.81. The van der Waals surface area contributed by atoms with Gasteiger partial charge in [-0.25, -0.2) is 0 Å². The highest BCUT2D eigenvalue weighted by Crippen LogP contribution is 2.36. The number of primary amides is 1. The lowest BCUT2D eigenvalue weighted by molar-refractivity contribution is -0.123. The van der Waals surface area contributed by atoms with Gasteiger partial charge in [0.05, 0.1) is 22.1 Å². The largest absolute Gasteiger partial charge is 0.369 e. The highest BCUT2D eigenvalue weighted by Gasteiger charge is 2.35. The van der Waals surface area contributed by atoms with Gasteiger partial charge in [0.2, 0.25) is 11.8 Å². The summed E-state index contributed by atoms with van der Waals surface area (Å²) < 4.78 is 0. The molecule has 1 aromatic heterocycles. The standard InChI is InChI=1S/C14H12ClN3O2/c15-10-3-4-11-9(2-1-5-17-11)13(10)18-7-8(14(16)20)6-12(18)19/h1-5,8H,6-7H2,(H2,16,20). The summed E-state index contributed by atoms with van der Waals surface area (Å²) in [5, 5.41) is 1.25. The zero-order valence-electron chi connectivity index (χ0n) is 10.5. The molecule has 0 bridgehead atoms. The van der Waals surface area contributed by atoms with Gasteiger partial charge < -0.3 is 10.6 Å². The molecule has 3 rings (SSSR count). The summed E-state index contributed by atoms with van der Waals surface area (Å²) in [7, 11) is 0. The second-order valence-electron chi connectivity index (χ2n) is 4.77. The van der Waals surface area contributed by atoms with E-state index in [-0.39, 0.29) is 18.9 Å². The number of pyridine rings is 1. The van der Waals surface area contributed by atoms with E-state index in [9.17, 15) is 9.59 Å². The Morgan fingerprint density at radius 3 is 2.90 bits per heavy atom. The Balaban J connectivity index is 2.13. The molecule has 0 spiro atoms. The van der Waals surface area contributed by atoms with Crippen LogP contribution in [0.5, 0.6) is 0 Å². The lowest BCUT2D eigenvalue weighted by Crippen LogP contribution is -2.28. The van der Waals surface area contributed by atoms with Crippen LogP contribution in [0.15, 0.2) is 30.5 Å². The van der Waals surface area contributed by atoms with Crippen molar-refractivity contribution in [2.45, 2.75) is 6.42 Å². The Morgan fingerprint density at radius 1 is 1.40 bits per heavy atom. The molecule has 0 aliphatic carbocycles. The van der Waals surface area contributed by atoms with E-state index in [1.54, 1.807) is 24.4 Å². The molecule has 6 heteroatoms. The van der Waals surface area contributed by atoms with Crippen molar-refractivity contribution in [3.05, 3.63) is 35.5 Å². The Kier molecular flexibility index (Phi) is 3.06. The van der Waals surface area contributed by atoms with Crippen molar-refractivity contribution in [1.82, 2.24) is 4.98 Å². The number of fused-ring (bicyclic) bond motifs is 1. The fourth-order valence-corrected chi connectivity index (χ4v) is 2.77. The van der Waals surface area contributed by atoms with Gasteiger partial charge in [-0.05, 0) is 24.3 Å². The number of halogens is 1. The van der Waals surface area contributed by atoms with Gasteiger partial charge in [0.15, 0.2) is 0 Å². The van der Waals surface area contributed by atoms with Crippen LogP contribution in [-0.4, -0.2) is 23.3 Å². The van der Waals surface area contributed by atoms with E-state index in [0.717, 1.165) is 10.9 Å². The summed E-state index contributed by atoms with van der Waals surface area (Å²) in [5.41, 5.74) is 6.64. The lowest BCUT2D eigenvalue weighted by atomic mass is 10.1. The Morgan fingerprint density at radius 2 is 2.20 bits per heavy atom. The second kappa shape index (κ2) is 4.76. The molecule has 1 aliphatic heterocycles. The molecule has 1 atom stereocenters. The molecule has 5 nitrogen and oxygen atoms in total. The molecule has 0 saturated carbocycles. The first-order valence-electron chi connectivity index (χ1n) is 6.21. The second-order valence-corrected chi connectivity index (χ2v) is 5.18. The van der Waals surface area contributed by atoms with Gasteiger partial charge in [0.25, 0.3) is 0 Å². The molecule has 1 unspecified atom stereocenters. The van der Waals surface area contributed by atoms with E-state index in [2.05, 4.69) is 4.98 Å². The maximum atomic E-state index is 12.1. The summed E-state index contributed by atoms with van der Waals surface area (Å²) >= 11 is 6.24. The van der Waals surface area contributed by atoms with E-state index in [1.807, 2.05) is 6.07 Å². The first-order valence-corrected chi connectivity index (χ1v) is 6.58. The smallest absolute Gasteiger partial charge is 0.227 e. The first-order chi connectivity index (χ1) is 9.58. The van der Waals surface area contributed by atoms with Gasteiger partial charge in [0, 0.05) is 24.5 Å². The molecule has 1 fully saturated rings. The highest BCUT2D eigenvalue weighted by atomic mass is 35.5. The molecule has 102 valence electrons. The third-order valence-electron chi connectivity index (χ3n) is 3.50. The summed E-state index contributed by atoms with van der Waals surface area (Å²) in [6, 6.07) is 7.15. The molecule has 2 N–H and O–H groups in total. The predicted molar refractivity (Wildman–Crippen MR) is 76.4 cm³/mol. The van der Waals surface area contributed by atoms with Crippen molar-refractivity contribution in [3.63, 3.8) is 0 Å². The van der Waals surface area contributed by atoms with Crippen molar-refractivity contribution < 1.29 is 9.59 Å². The molecular weight excluding hydrogens is 278 g/mol. The zero-order valence-corrected chi connectivity index (χ0v) is 11.3. The number of carbonyl (C=O) groups is 2. The number of benzene rings is 1. The Hall–Kier alpha value is -2.14. The quantitative estimate of drug-likeness (QED) is 0.914. The van der Waals surface area contributed by atoms with Crippen molar-refractivity contribution in [1.29, 1.82) is 0 Å². The summed E-state index contributed by atoms with van der Waals surface area (Å²) in [5.74, 6) is -1.08. The van der Waals surface area contributed by atoms with Crippen LogP contribution in [0, 0.1) is 5.92 Å². The normalized spacial score (nSPS) is 18.8. The van der Waals surface area contributed by atoms with E-state index in [0.29, 0.717) is 10.7 Å². The molecule has 2 amide bonds. The van der Waals surface area contributed by atoms with Crippen molar-refractivity contribution in [3.8, 4) is 0 Å². The van der Waals surface area contributed by atoms with Crippen molar-refractivity contribution in [2.75, 3.05) is 11.4 Å². The molecule has 20 heavy (non-hydrogen) atoms. The average molecular weight is 290 g/mol. The minimum Gasteiger partial charge on any atom is -0.369 e. The molecule has 2 heterocycles. The van der Waals surface area contributed by atoms with Crippen molar-refractivity contribution in [2.24, 2.45) is 11.7 Å². The number of nitrogens with zero attached hydrogens (tertiary/aromatic N) is 2. The van der Waals surface area contributed by atoms with Gasteiger partial charge in [-0.3, -0.25) is 14.6 Å². The van der Waals surface area contributed by atoms with E-state index in [1.165, 1.54) is 4.90 Å². The third-order valence-corrected chi connectivity index (χ3v) is 3.81. The fourth-order valence-electron chi connectivity index (χ4n) is 2.50. The molecule has 1 saturated heterocycles. The third kappa shape index (κ3) is 2.00.